The van der Waals surface area contributed by atoms with E-state index in [2.05, 4.69) is 16.0 Å². The molecule has 0 spiro atoms. The molecule has 1 amide bonds. The Hall–Kier alpha value is -2.76. The van der Waals surface area contributed by atoms with E-state index < -0.39 is 0 Å². The van der Waals surface area contributed by atoms with Crippen LogP contribution in [-0.4, -0.2) is 15.9 Å². The number of benzene rings is 2. The van der Waals surface area contributed by atoms with E-state index in [4.69, 9.17) is 23.1 Å². The summed E-state index contributed by atoms with van der Waals surface area (Å²) in [6.07, 6.45) is 3.88. The van der Waals surface area contributed by atoms with Crippen molar-refractivity contribution in [3.63, 3.8) is 0 Å². The van der Waals surface area contributed by atoms with Crippen LogP contribution in [0.15, 0.2) is 54.7 Å². The number of nitrogens with two attached hydrogens (primary N) is 2. The Labute approximate surface area is 176 Å². The van der Waals surface area contributed by atoms with Crippen LogP contribution in [0.1, 0.15) is 46.7 Å². The van der Waals surface area contributed by atoms with Crippen LogP contribution in [0.5, 0.6) is 0 Å². The van der Waals surface area contributed by atoms with Crippen LogP contribution in [0.2, 0.25) is 5.02 Å². The molecule has 0 aliphatic heterocycles. The van der Waals surface area contributed by atoms with Crippen molar-refractivity contribution in [2.24, 2.45) is 11.5 Å². The van der Waals surface area contributed by atoms with E-state index in [9.17, 15) is 4.79 Å². The van der Waals surface area contributed by atoms with Gasteiger partial charge in [-0.3, -0.25) is 4.79 Å². The lowest BCUT2D eigenvalue weighted by molar-refractivity contribution is -0.117. The molecule has 4 N–H and O–H groups in total. The molecule has 6 heteroatoms. The second kappa shape index (κ2) is 9.63. The number of hydrogen-bond acceptors (Lipinski definition) is 4. The maximum atomic E-state index is 11.3. The Kier molecular flexibility index (Phi) is 6.96. The van der Waals surface area contributed by atoms with Crippen molar-refractivity contribution in [1.29, 1.82) is 0 Å². The molecule has 1 atom stereocenters. The number of halogens is 1. The molecule has 1 aromatic heterocycles. The predicted octanol–water partition coefficient (Wildman–Crippen LogP) is 3.55. The van der Waals surface area contributed by atoms with Crippen LogP contribution in [0.4, 0.5) is 0 Å². The highest BCUT2D eigenvalue weighted by Crippen LogP contribution is 2.19. The molecule has 150 valence electrons. The third-order valence-corrected chi connectivity index (χ3v) is 5.14. The van der Waals surface area contributed by atoms with Gasteiger partial charge in [-0.05, 0) is 42.0 Å². The molecule has 3 rings (SSSR count). The Bertz CT molecular complexity index is 1000. The van der Waals surface area contributed by atoms with E-state index >= 15 is 0 Å². The number of carbonyl (C=O) groups is 1. The van der Waals surface area contributed by atoms with Crippen molar-refractivity contribution in [2.45, 2.75) is 38.6 Å². The lowest BCUT2D eigenvalue weighted by Crippen LogP contribution is -2.15. The molecule has 1 heterocycles. The first-order valence-electron chi connectivity index (χ1n) is 9.62. The summed E-state index contributed by atoms with van der Waals surface area (Å²) in [6, 6.07) is 15.9. The van der Waals surface area contributed by atoms with Crippen molar-refractivity contribution in [3.8, 4) is 0 Å². The normalized spacial score (nSPS) is 12.0. The van der Waals surface area contributed by atoms with Gasteiger partial charge in [-0.1, -0.05) is 60.1 Å². The van der Waals surface area contributed by atoms with E-state index in [0.29, 0.717) is 17.9 Å². The first-order chi connectivity index (χ1) is 13.9. The average Bonchev–Trinajstić information content (AvgIpc) is 2.69. The fourth-order valence-electron chi connectivity index (χ4n) is 3.29. The molecule has 3 aromatic rings. The molecule has 0 radical (unpaired) electrons. The monoisotopic (exact) mass is 408 g/mol. The van der Waals surface area contributed by atoms with Crippen LogP contribution in [-0.2, 0) is 30.5 Å². The van der Waals surface area contributed by atoms with Crippen LogP contribution in [0, 0.1) is 0 Å². The Balaban J connectivity index is 1.75. The lowest BCUT2D eigenvalue weighted by atomic mass is 9.99. The fraction of sp³-hybridized carbons (Fsp3) is 0.261. The van der Waals surface area contributed by atoms with E-state index in [-0.39, 0.29) is 18.4 Å². The second-order valence-electron chi connectivity index (χ2n) is 7.20. The van der Waals surface area contributed by atoms with Crippen LogP contribution in [0.3, 0.4) is 0 Å². The topological polar surface area (TPSA) is 94.9 Å². The third kappa shape index (κ3) is 5.86. The zero-order valence-electron chi connectivity index (χ0n) is 16.4. The van der Waals surface area contributed by atoms with Gasteiger partial charge in [-0.15, -0.1) is 0 Å². The molecule has 0 saturated carbocycles. The number of rotatable bonds is 8. The summed E-state index contributed by atoms with van der Waals surface area (Å²) < 4.78 is 0. The van der Waals surface area contributed by atoms with Crippen molar-refractivity contribution < 1.29 is 4.79 Å². The fourth-order valence-corrected chi connectivity index (χ4v) is 3.47. The SMILES string of the molecule is CC(N)c1cccc(Cc2ncc(Cl)c(CCc3ccccc3CC(N)=O)n2)c1. The summed E-state index contributed by atoms with van der Waals surface area (Å²) in [4.78, 5) is 20.4. The van der Waals surface area contributed by atoms with Gasteiger partial charge in [0.2, 0.25) is 5.91 Å². The minimum Gasteiger partial charge on any atom is -0.369 e. The summed E-state index contributed by atoms with van der Waals surface area (Å²) >= 11 is 6.34. The molecule has 0 fully saturated rings. The van der Waals surface area contributed by atoms with Gasteiger partial charge in [0.25, 0.3) is 0 Å². The lowest BCUT2D eigenvalue weighted by Gasteiger charge is -2.10. The molecule has 5 nitrogen and oxygen atoms in total. The highest BCUT2D eigenvalue weighted by atomic mass is 35.5. The van der Waals surface area contributed by atoms with Gasteiger partial charge in [0.1, 0.15) is 5.82 Å². The average molecular weight is 409 g/mol. The number of carbonyl (C=O) groups excluding carboxylic acids is 1. The van der Waals surface area contributed by atoms with Gasteiger partial charge < -0.3 is 11.5 Å². The summed E-state index contributed by atoms with van der Waals surface area (Å²) in [5, 5.41) is 0.547. The molecule has 2 aromatic carbocycles. The van der Waals surface area contributed by atoms with E-state index in [1.807, 2.05) is 49.4 Å². The van der Waals surface area contributed by atoms with Crippen molar-refractivity contribution in [3.05, 3.63) is 93.5 Å². The summed E-state index contributed by atoms with van der Waals surface area (Å²) in [7, 11) is 0. The minimum atomic E-state index is -0.339. The highest BCUT2D eigenvalue weighted by Gasteiger charge is 2.10. The van der Waals surface area contributed by atoms with Crippen LogP contribution in [0.25, 0.3) is 0 Å². The molecule has 0 bridgehead atoms. The van der Waals surface area contributed by atoms with Gasteiger partial charge in [0.15, 0.2) is 0 Å². The van der Waals surface area contributed by atoms with E-state index in [1.54, 1.807) is 6.20 Å². The largest absolute Gasteiger partial charge is 0.369 e. The van der Waals surface area contributed by atoms with Crippen LogP contribution < -0.4 is 11.5 Å². The molecule has 29 heavy (non-hydrogen) atoms. The highest BCUT2D eigenvalue weighted by molar-refractivity contribution is 6.31. The summed E-state index contributed by atoms with van der Waals surface area (Å²) in [6.45, 7) is 1.96. The predicted molar refractivity (Wildman–Crippen MR) is 116 cm³/mol. The Morgan fingerprint density at radius 3 is 2.59 bits per heavy atom. The maximum absolute atomic E-state index is 11.3. The Morgan fingerprint density at radius 1 is 1.10 bits per heavy atom. The zero-order chi connectivity index (χ0) is 20.8. The van der Waals surface area contributed by atoms with E-state index in [1.165, 1.54) is 0 Å². The van der Waals surface area contributed by atoms with Gasteiger partial charge in [0, 0.05) is 18.7 Å². The van der Waals surface area contributed by atoms with Gasteiger partial charge in [-0.25, -0.2) is 9.97 Å². The van der Waals surface area contributed by atoms with Crippen molar-refractivity contribution in [1.82, 2.24) is 9.97 Å². The number of hydrogen-bond donors (Lipinski definition) is 2. The first kappa shape index (κ1) is 21.0. The smallest absolute Gasteiger partial charge is 0.221 e. The number of aryl methyl sites for hydroxylation is 2. The molecular weight excluding hydrogens is 384 g/mol. The Morgan fingerprint density at radius 2 is 1.86 bits per heavy atom. The van der Waals surface area contributed by atoms with Gasteiger partial charge >= 0.3 is 0 Å². The zero-order valence-corrected chi connectivity index (χ0v) is 17.2. The standard InChI is InChI=1S/C23H25ClN4O/c1-15(25)18-8-4-5-16(11-18)12-23-27-14-20(24)21(28-23)10-9-17-6-2-3-7-19(17)13-22(26)29/h2-8,11,14-15H,9-10,12-13,25H2,1H3,(H2,26,29). The third-order valence-electron chi connectivity index (χ3n) is 4.82. The van der Waals surface area contributed by atoms with Gasteiger partial charge in [0.05, 0.1) is 17.1 Å². The molecular formula is C23H25ClN4O. The van der Waals surface area contributed by atoms with Crippen molar-refractivity contribution in [2.75, 3.05) is 0 Å². The second-order valence-corrected chi connectivity index (χ2v) is 7.61. The van der Waals surface area contributed by atoms with E-state index in [0.717, 1.165) is 40.2 Å². The molecule has 0 aliphatic carbocycles. The van der Waals surface area contributed by atoms with Crippen LogP contribution >= 0.6 is 11.6 Å². The molecule has 1 unspecified atom stereocenters. The molecule has 0 aliphatic rings. The number of amides is 1. The summed E-state index contributed by atoms with van der Waals surface area (Å²) in [5.41, 5.74) is 16.4. The number of nitrogens with zero attached hydrogens (tertiary/aromatic N) is 2. The van der Waals surface area contributed by atoms with Crippen molar-refractivity contribution >= 4 is 17.5 Å². The molecule has 0 saturated heterocycles. The minimum absolute atomic E-state index is 0.0166. The maximum Gasteiger partial charge on any atom is 0.221 e. The first-order valence-corrected chi connectivity index (χ1v) is 10.00. The summed E-state index contributed by atoms with van der Waals surface area (Å²) in [5.74, 6) is 0.380. The number of primary amides is 1. The number of aromatic nitrogens is 2. The van der Waals surface area contributed by atoms with Gasteiger partial charge in [-0.2, -0.15) is 0 Å². The quantitative estimate of drug-likeness (QED) is 0.595.